The smallest absolute Gasteiger partial charge is 0.223 e. The molecule has 1 fully saturated rings. The number of amides is 1. The molecule has 1 aromatic carbocycles. The minimum Gasteiger partial charge on any atom is -0.354 e. The molecule has 0 aromatic heterocycles. The summed E-state index contributed by atoms with van der Waals surface area (Å²) in [7, 11) is 0. The number of hydrogen-bond acceptors (Lipinski definition) is 2. The van der Waals surface area contributed by atoms with Crippen molar-refractivity contribution in [2.75, 3.05) is 0 Å². The zero-order valence-electron chi connectivity index (χ0n) is 22.4. The summed E-state index contributed by atoms with van der Waals surface area (Å²) in [6, 6.07) is 10.7. The van der Waals surface area contributed by atoms with Crippen LogP contribution in [0.5, 0.6) is 0 Å². The summed E-state index contributed by atoms with van der Waals surface area (Å²) in [5, 5.41) is 6.82. The highest BCUT2D eigenvalue weighted by Gasteiger charge is 2.26. The first-order valence-corrected chi connectivity index (χ1v) is 13.9. The first kappa shape index (κ1) is 26.2. The highest BCUT2D eigenvalue weighted by Crippen LogP contribution is 2.36. The Morgan fingerprint density at radius 3 is 2.78 bits per heavy atom. The fourth-order valence-corrected chi connectivity index (χ4v) is 5.70. The van der Waals surface area contributed by atoms with E-state index in [1.54, 1.807) is 5.57 Å². The van der Waals surface area contributed by atoms with E-state index in [-0.39, 0.29) is 17.9 Å². The Hall–Kier alpha value is -2.88. The normalized spacial score (nSPS) is 27.5. The Morgan fingerprint density at radius 2 is 1.97 bits per heavy atom. The number of allylic oxidation sites excluding steroid dienone is 6. The number of fused-ring (bicyclic) bond motifs is 1. The zero-order chi connectivity index (χ0) is 25.3. The van der Waals surface area contributed by atoms with Crippen LogP contribution in [0.1, 0.15) is 84.1 Å². The average Bonchev–Trinajstić information content (AvgIpc) is 3.17. The van der Waals surface area contributed by atoms with Crippen LogP contribution in [0.15, 0.2) is 82.0 Å². The molecule has 3 aliphatic rings. The predicted molar refractivity (Wildman–Crippen MR) is 151 cm³/mol. The zero-order valence-corrected chi connectivity index (χ0v) is 22.4. The first-order chi connectivity index (χ1) is 17.5. The molecule has 0 spiro atoms. The lowest BCUT2D eigenvalue weighted by atomic mass is 9.85. The number of amidine groups is 1. The van der Waals surface area contributed by atoms with Crippen LogP contribution in [0.4, 0.5) is 0 Å². The van der Waals surface area contributed by atoms with E-state index in [1.165, 1.54) is 28.8 Å². The van der Waals surface area contributed by atoms with Gasteiger partial charge in [-0.3, -0.25) is 9.79 Å². The van der Waals surface area contributed by atoms with Crippen LogP contribution in [0.2, 0.25) is 0 Å². The molecule has 1 aliphatic heterocycles. The maximum Gasteiger partial charge on any atom is 0.223 e. The number of aliphatic imine (C=N–C) groups is 1. The molecule has 2 aliphatic carbocycles. The monoisotopic (exact) mass is 485 g/mol. The lowest BCUT2D eigenvalue weighted by Gasteiger charge is -2.23. The van der Waals surface area contributed by atoms with Crippen molar-refractivity contribution in [3.05, 3.63) is 82.6 Å². The maximum atomic E-state index is 12.6. The van der Waals surface area contributed by atoms with Gasteiger partial charge >= 0.3 is 0 Å². The lowest BCUT2D eigenvalue weighted by Crippen LogP contribution is -2.35. The summed E-state index contributed by atoms with van der Waals surface area (Å²) in [6.45, 7) is 7.00. The van der Waals surface area contributed by atoms with Gasteiger partial charge in [0.2, 0.25) is 5.91 Å². The molecule has 4 nitrogen and oxygen atoms in total. The van der Waals surface area contributed by atoms with E-state index in [9.17, 15) is 4.79 Å². The van der Waals surface area contributed by atoms with Gasteiger partial charge in [0.25, 0.3) is 0 Å². The maximum absolute atomic E-state index is 12.6. The Morgan fingerprint density at radius 1 is 1.14 bits per heavy atom. The lowest BCUT2D eigenvalue weighted by molar-refractivity contribution is -0.125. The third-order valence-electron chi connectivity index (χ3n) is 7.57. The van der Waals surface area contributed by atoms with E-state index in [1.807, 2.05) is 6.07 Å². The number of carbonyl (C=O) groups is 1. The van der Waals surface area contributed by atoms with Gasteiger partial charge in [0.05, 0.1) is 6.54 Å². The van der Waals surface area contributed by atoms with Gasteiger partial charge in [-0.2, -0.15) is 0 Å². The van der Waals surface area contributed by atoms with Crippen molar-refractivity contribution in [3.8, 4) is 0 Å². The van der Waals surface area contributed by atoms with Gasteiger partial charge in [0.1, 0.15) is 5.84 Å². The summed E-state index contributed by atoms with van der Waals surface area (Å²) < 4.78 is 0. The highest BCUT2D eigenvalue weighted by atomic mass is 16.1. The van der Waals surface area contributed by atoms with Crippen LogP contribution in [0.3, 0.4) is 0 Å². The van der Waals surface area contributed by atoms with Gasteiger partial charge < -0.3 is 10.6 Å². The van der Waals surface area contributed by atoms with E-state index in [0.717, 1.165) is 57.2 Å². The molecule has 1 heterocycles. The number of nitrogens with zero attached hydrogens (tertiary/aromatic N) is 1. The summed E-state index contributed by atoms with van der Waals surface area (Å²) in [5.74, 6) is 2.04. The standard InChI is InChI=1S/C32H43N3O/c1-23(2)34-32(36)27-15-10-13-25(17-18-27)21-28-14-8-5-9-16-30-29(28)19-24(3)20-31(35-30)33-22-26-11-6-4-7-12-26/h4-7,9,11-12,16,20,23,25,27H,8,10,13-15,17-19,21-22H2,1-3H3,(H,33,35)(H,34,36)/b9-5?,29-28+,30-16+. The molecular weight excluding hydrogens is 442 g/mol. The van der Waals surface area contributed by atoms with Crippen molar-refractivity contribution < 1.29 is 4.79 Å². The summed E-state index contributed by atoms with van der Waals surface area (Å²) in [5.41, 5.74) is 6.81. The molecular formula is C32H43N3O. The van der Waals surface area contributed by atoms with Crippen LogP contribution in [0.25, 0.3) is 0 Å². The third kappa shape index (κ3) is 7.56. The van der Waals surface area contributed by atoms with Crippen molar-refractivity contribution >= 4 is 11.7 Å². The summed E-state index contributed by atoms with van der Waals surface area (Å²) >= 11 is 0. The van der Waals surface area contributed by atoms with E-state index < -0.39 is 0 Å². The van der Waals surface area contributed by atoms with E-state index >= 15 is 0 Å². The predicted octanol–water partition coefficient (Wildman–Crippen LogP) is 7.17. The number of nitrogens with one attached hydrogen (secondary N) is 2. The van der Waals surface area contributed by atoms with Crippen LogP contribution in [-0.4, -0.2) is 17.8 Å². The topological polar surface area (TPSA) is 53.5 Å². The Labute approximate surface area is 217 Å². The molecule has 4 rings (SSSR count). The largest absolute Gasteiger partial charge is 0.354 e. The molecule has 192 valence electrons. The van der Waals surface area contributed by atoms with Crippen molar-refractivity contribution in [2.45, 2.75) is 91.1 Å². The van der Waals surface area contributed by atoms with E-state index in [0.29, 0.717) is 12.5 Å². The molecule has 2 unspecified atom stereocenters. The van der Waals surface area contributed by atoms with Crippen molar-refractivity contribution in [2.24, 2.45) is 16.8 Å². The van der Waals surface area contributed by atoms with Crippen molar-refractivity contribution in [3.63, 3.8) is 0 Å². The minimum absolute atomic E-state index is 0.180. The first-order valence-electron chi connectivity index (χ1n) is 13.9. The molecule has 0 bridgehead atoms. The van der Waals surface area contributed by atoms with Gasteiger partial charge in [0.15, 0.2) is 0 Å². The summed E-state index contributed by atoms with van der Waals surface area (Å²) in [4.78, 5) is 17.5. The Kier molecular flexibility index (Phi) is 9.38. The van der Waals surface area contributed by atoms with Crippen LogP contribution >= 0.6 is 0 Å². The molecule has 0 radical (unpaired) electrons. The van der Waals surface area contributed by atoms with Gasteiger partial charge in [-0.05, 0) is 94.9 Å². The summed E-state index contributed by atoms with van der Waals surface area (Å²) in [6.07, 6.45) is 18.8. The van der Waals surface area contributed by atoms with Crippen molar-refractivity contribution in [1.29, 1.82) is 0 Å². The quantitative estimate of drug-likeness (QED) is 0.420. The fourth-order valence-electron chi connectivity index (χ4n) is 5.70. The Bertz CT molecular complexity index is 1060. The highest BCUT2D eigenvalue weighted by molar-refractivity contribution is 5.96. The van der Waals surface area contributed by atoms with Crippen LogP contribution in [-0.2, 0) is 11.3 Å². The second-order valence-electron chi connectivity index (χ2n) is 11.0. The number of rotatable bonds is 6. The molecule has 2 N–H and O–H groups in total. The molecule has 36 heavy (non-hydrogen) atoms. The third-order valence-corrected chi connectivity index (χ3v) is 7.57. The molecule has 1 saturated carbocycles. The van der Waals surface area contributed by atoms with Gasteiger partial charge in [-0.25, -0.2) is 0 Å². The van der Waals surface area contributed by atoms with Crippen LogP contribution in [0, 0.1) is 11.8 Å². The van der Waals surface area contributed by atoms with Gasteiger partial charge in [-0.1, -0.05) is 66.5 Å². The number of carbonyl (C=O) groups excluding carboxylic acids is 1. The van der Waals surface area contributed by atoms with E-state index in [2.05, 4.69) is 80.0 Å². The minimum atomic E-state index is 0.180. The molecule has 0 saturated heterocycles. The Balaban J connectivity index is 1.49. The second kappa shape index (κ2) is 12.9. The van der Waals surface area contributed by atoms with E-state index in [4.69, 9.17) is 4.99 Å². The molecule has 1 amide bonds. The van der Waals surface area contributed by atoms with Gasteiger partial charge in [-0.15, -0.1) is 0 Å². The molecule has 2 atom stereocenters. The average molecular weight is 486 g/mol. The molecule has 4 heteroatoms. The molecule has 1 aromatic rings. The number of hydrogen-bond donors (Lipinski definition) is 2. The SMILES string of the molecule is CC1=CC(=NCc2ccccc2)NC2=C/C=CCC/C(CC3CCCC(C(=O)NC(C)C)CC3)=C\2C1. The number of benzene rings is 1. The van der Waals surface area contributed by atoms with Gasteiger partial charge in [0, 0.05) is 17.7 Å². The fraction of sp³-hybridized carbons (Fsp3) is 0.500. The second-order valence-corrected chi connectivity index (χ2v) is 11.0. The van der Waals surface area contributed by atoms with Crippen molar-refractivity contribution in [1.82, 2.24) is 10.6 Å². The van der Waals surface area contributed by atoms with Crippen LogP contribution < -0.4 is 10.6 Å².